The molecule has 0 aliphatic heterocycles. The van der Waals surface area contributed by atoms with Crippen LogP contribution in [-0.4, -0.2) is 4.98 Å². The monoisotopic (exact) mass is 407 g/mol. The van der Waals surface area contributed by atoms with Crippen LogP contribution in [-0.2, 0) is 12.8 Å². The number of aryl methyl sites for hydroxylation is 1. The SMILES string of the molecule is Cc1ncccc1Cc1ccc2c(c1)C=C(C1CCC3(CC1)CC1C=CC=C1[C@H]3C)C2. The van der Waals surface area contributed by atoms with Crippen molar-refractivity contribution in [2.75, 3.05) is 0 Å². The molecule has 4 aliphatic carbocycles. The third kappa shape index (κ3) is 3.25. The van der Waals surface area contributed by atoms with Crippen LogP contribution in [0.25, 0.3) is 6.08 Å². The molecule has 2 fully saturated rings. The van der Waals surface area contributed by atoms with Crippen LogP contribution in [0.4, 0.5) is 0 Å². The maximum atomic E-state index is 4.46. The molecule has 1 spiro atoms. The highest BCUT2D eigenvalue weighted by Gasteiger charge is 2.49. The van der Waals surface area contributed by atoms with E-state index in [1.807, 2.05) is 6.20 Å². The second kappa shape index (κ2) is 7.33. The summed E-state index contributed by atoms with van der Waals surface area (Å²) in [6, 6.07) is 11.4. The lowest BCUT2D eigenvalue weighted by atomic mass is 9.63. The van der Waals surface area contributed by atoms with Gasteiger partial charge in [0.25, 0.3) is 0 Å². The molecule has 2 saturated carbocycles. The number of aromatic nitrogens is 1. The van der Waals surface area contributed by atoms with Gasteiger partial charge in [-0.3, -0.25) is 4.98 Å². The maximum absolute atomic E-state index is 4.46. The molecule has 4 aliphatic rings. The van der Waals surface area contributed by atoms with E-state index in [1.54, 1.807) is 11.1 Å². The number of pyridine rings is 1. The molecule has 0 N–H and O–H groups in total. The van der Waals surface area contributed by atoms with Gasteiger partial charge < -0.3 is 0 Å². The van der Waals surface area contributed by atoms with Crippen LogP contribution >= 0.6 is 0 Å². The molecular weight excluding hydrogens is 374 g/mol. The number of hydrogen-bond acceptors (Lipinski definition) is 1. The number of hydrogen-bond donors (Lipinski definition) is 0. The Morgan fingerprint density at radius 2 is 2.00 bits per heavy atom. The summed E-state index contributed by atoms with van der Waals surface area (Å²) in [5.74, 6) is 2.32. The Kier molecular flexibility index (Phi) is 4.56. The molecule has 6 rings (SSSR count). The van der Waals surface area contributed by atoms with Gasteiger partial charge in [0.1, 0.15) is 0 Å². The second-order valence-corrected chi connectivity index (χ2v) is 10.6. The van der Waals surface area contributed by atoms with Crippen LogP contribution in [0.3, 0.4) is 0 Å². The fourth-order valence-electron chi connectivity index (χ4n) is 7.06. The number of benzene rings is 1. The zero-order chi connectivity index (χ0) is 21.0. The average Bonchev–Trinajstić information content (AvgIpc) is 3.47. The van der Waals surface area contributed by atoms with Crippen molar-refractivity contribution in [3.05, 3.63) is 93.9 Å². The molecule has 0 amide bonds. The van der Waals surface area contributed by atoms with Crippen molar-refractivity contribution in [1.29, 1.82) is 0 Å². The highest BCUT2D eigenvalue weighted by molar-refractivity contribution is 5.65. The van der Waals surface area contributed by atoms with E-state index in [4.69, 9.17) is 0 Å². The van der Waals surface area contributed by atoms with E-state index in [1.165, 1.54) is 60.8 Å². The highest BCUT2D eigenvalue weighted by atomic mass is 14.7. The molecule has 31 heavy (non-hydrogen) atoms. The van der Waals surface area contributed by atoms with E-state index in [0.29, 0.717) is 5.41 Å². The first kappa shape index (κ1) is 19.3. The predicted octanol–water partition coefficient (Wildman–Crippen LogP) is 7.25. The maximum Gasteiger partial charge on any atom is 0.0407 e. The molecule has 1 unspecified atom stereocenters. The fourth-order valence-corrected chi connectivity index (χ4v) is 7.06. The first-order valence-electron chi connectivity index (χ1n) is 12.2. The molecular formula is C30H33N. The summed E-state index contributed by atoms with van der Waals surface area (Å²) in [6.45, 7) is 4.62. The Bertz CT molecular complexity index is 1110. The molecule has 1 aromatic heterocycles. The number of fused-ring (bicyclic) bond motifs is 2. The summed E-state index contributed by atoms with van der Waals surface area (Å²) in [5.41, 5.74) is 10.9. The zero-order valence-corrected chi connectivity index (χ0v) is 18.9. The summed E-state index contributed by atoms with van der Waals surface area (Å²) in [4.78, 5) is 4.46. The van der Waals surface area contributed by atoms with Crippen molar-refractivity contribution < 1.29 is 0 Å². The molecule has 1 heterocycles. The van der Waals surface area contributed by atoms with Crippen LogP contribution < -0.4 is 0 Å². The zero-order valence-electron chi connectivity index (χ0n) is 18.9. The van der Waals surface area contributed by atoms with Crippen molar-refractivity contribution in [3.63, 3.8) is 0 Å². The van der Waals surface area contributed by atoms with Crippen LogP contribution in [0.5, 0.6) is 0 Å². The normalized spacial score (nSPS) is 31.0. The Hall–Kier alpha value is -2.41. The van der Waals surface area contributed by atoms with Crippen LogP contribution in [0.2, 0.25) is 0 Å². The minimum atomic E-state index is 0.582. The topological polar surface area (TPSA) is 12.9 Å². The summed E-state index contributed by atoms with van der Waals surface area (Å²) in [5, 5.41) is 0. The smallest absolute Gasteiger partial charge is 0.0407 e. The van der Waals surface area contributed by atoms with E-state index >= 15 is 0 Å². The van der Waals surface area contributed by atoms with Gasteiger partial charge in [0.2, 0.25) is 0 Å². The van der Waals surface area contributed by atoms with Gasteiger partial charge in [0.05, 0.1) is 0 Å². The lowest BCUT2D eigenvalue weighted by molar-refractivity contribution is 0.123. The lowest BCUT2D eigenvalue weighted by Gasteiger charge is -2.41. The Balaban J connectivity index is 1.15. The lowest BCUT2D eigenvalue weighted by Crippen LogP contribution is -2.31. The summed E-state index contributed by atoms with van der Waals surface area (Å²) in [7, 11) is 0. The molecule has 0 saturated heterocycles. The molecule has 1 heteroatoms. The average molecular weight is 408 g/mol. The molecule has 1 nitrogen and oxygen atoms in total. The van der Waals surface area contributed by atoms with Crippen LogP contribution in [0.15, 0.2) is 65.9 Å². The van der Waals surface area contributed by atoms with Crippen molar-refractivity contribution in [2.45, 2.75) is 58.8 Å². The third-order valence-electron chi connectivity index (χ3n) is 9.07. The standard InChI is InChI=1S/C30H33N/c1-20-29-7-3-5-26(29)19-30(20)12-10-23(11-13-30)28-17-25-9-8-22(16-27(25)18-28)15-24-6-4-14-31-21(24)2/h3-9,14,16,18,20,23,26H,10-13,15,17,19H2,1-2H3/t20-,23?,26?,30?/m1/s1. The summed E-state index contributed by atoms with van der Waals surface area (Å²) >= 11 is 0. The van der Waals surface area contributed by atoms with Crippen molar-refractivity contribution >= 4 is 6.08 Å². The van der Waals surface area contributed by atoms with Crippen molar-refractivity contribution in [1.82, 2.24) is 4.98 Å². The van der Waals surface area contributed by atoms with E-state index < -0.39 is 0 Å². The second-order valence-electron chi connectivity index (χ2n) is 10.6. The van der Waals surface area contributed by atoms with Crippen LogP contribution in [0.1, 0.15) is 67.0 Å². The largest absolute Gasteiger partial charge is 0.261 e. The Morgan fingerprint density at radius 3 is 2.81 bits per heavy atom. The molecule has 2 atom stereocenters. The van der Waals surface area contributed by atoms with Gasteiger partial charge >= 0.3 is 0 Å². The first-order chi connectivity index (χ1) is 15.1. The van der Waals surface area contributed by atoms with E-state index in [9.17, 15) is 0 Å². The Morgan fingerprint density at radius 1 is 1.13 bits per heavy atom. The molecule has 0 radical (unpaired) electrons. The van der Waals surface area contributed by atoms with Gasteiger partial charge in [-0.2, -0.15) is 0 Å². The van der Waals surface area contributed by atoms with Crippen molar-refractivity contribution in [3.8, 4) is 0 Å². The van der Waals surface area contributed by atoms with Crippen molar-refractivity contribution in [2.24, 2.45) is 23.2 Å². The predicted molar refractivity (Wildman–Crippen MR) is 129 cm³/mol. The minimum absolute atomic E-state index is 0.582. The van der Waals surface area contributed by atoms with E-state index in [2.05, 4.69) is 73.5 Å². The quantitative estimate of drug-likeness (QED) is 0.522. The molecule has 2 aromatic rings. The van der Waals surface area contributed by atoms with E-state index in [0.717, 1.165) is 29.9 Å². The number of nitrogens with zero attached hydrogens (tertiary/aromatic N) is 1. The molecule has 158 valence electrons. The number of allylic oxidation sites excluding steroid dienone is 5. The molecule has 1 aromatic carbocycles. The fraction of sp³-hybridized carbons (Fsp3) is 0.433. The highest BCUT2D eigenvalue weighted by Crippen LogP contribution is 2.60. The molecule has 0 bridgehead atoms. The van der Waals surface area contributed by atoms with Gasteiger partial charge in [0, 0.05) is 11.9 Å². The van der Waals surface area contributed by atoms with Gasteiger partial charge in [-0.05, 0) is 103 Å². The van der Waals surface area contributed by atoms with Crippen LogP contribution in [0, 0.1) is 30.1 Å². The van der Waals surface area contributed by atoms with Gasteiger partial charge in [-0.1, -0.05) is 66.6 Å². The van der Waals surface area contributed by atoms with E-state index in [-0.39, 0.29) is 0 Å². The third-order valence-corrected chi connectivity index (χ3v) is 9.07. The van der Waals surface area contributed by atoms with Gasteiger partial charge in [0.15, 0.2) is 0 Å². The summed E-state index contributed by atoms with van der Waals surface area (Å²) in [6.07, 6.45) is 20.7. The minimum Gasteiger partial charge on any atom is -0.261 e. The first-order valence-corrected chi connectivity index (χ1v) is 12.2. The Labute approximate surface area is 187 Å². The van der Waals surface area contributed by atoms with Gasteiger partial charge in [-0.25, -0.2) is 0 Å². The number of rotatable bonds is 3. The van der Waals surface area contributed by atoms with Gasteiger partial charge in [-0.15, -0.1) is 0 Å². The summed E-state index contributed by atoms with van der Waals surface area (Å²) < 4.78 is 0.